The molecule has 0 saturated carbocycles. The molecule has 1 amide bonds. The number of aromatic amines is 1. The number of sulfone groups is 1. The van der Waals surface area contributed by atoms with Crippen LogP contribution in [0.1, 0.15) is 11.3 Å². The number of carbonyl (C=O) groups excluding carboxylic acids is 1. The monoisotopic (exact) mass is 415 g/mol. The molecule has 0 unspecified atom stereocenters. The third-order valence-corrected chi connectivity index (χ3v) is 5.59. The van der Waals surface area contributed by atoms with Gasteiger partial charge < -0.3 is 14.8 Å². The van der Waals surface area contributed by atoms with E-state index >= 15 is 0 Å². The molecule has 0 atom stereocenters. The second kappa shape index (κ2) is 8.31. The minimum atomic E-state index is -3.76. The van der Waals surface area contributed by atoms with Crippen LogP contribution >= 0.6 is 0 Å². The van der Waals surface area contributed by atoms with E-state index in [0.717, 1.165) is 0 Å². The SMILES string of the molecule is Cc1cc(NC(=O)CS(=O)(=O)c2c[nH]c3ccccc23)no1.Cc1cnn(C)c1. The molecule has 1 aromatic carbocycles. The van der Waals surface area contributed by atoms with Gasteiger partial charge in [0.15, 0.2) is 15.7 Å². The van der Waals surface area contributed by atoms with Crippen LogP contribution in [0, 0.1) is 13.8 Å². The third-order valence-electron chi connectivity index (χ3n) is 3.94. The summed E-state index contributed by atoms with van der Waals surface area (Å²) in [6, 6.07) is 8.52. The fourth-order valence-electron chi connectivity index (χ4n) is 2.70. The maximum atomic E-state index is 12.4. The van der Waals surface area contributed by atoms with Crippen molar-refractivity contribution in [1.82, 2.24) is 19.9 Å². The highest BCUT2D eigenvalue weighted by Gasteiger charge is 2.23. The van der Waals surface area contributed by atoms with Crippen molar-refractivity contribution in [2.75, 3.05) is 11.1 Å². The van der Waals surface area contributed by atoms with E-state index in [1.165, 1.54) is 17.8 Å². The topological polar surface area (TPSA) is 123 Å². The van der Waals surface area contributed by atoms with Crippen LogP contribution in [0.3, 0.4) is 0 Å². The quantitative estimate of drug-likeness (QED) is 0.528. The number of benzene rings is 1. The van der Waals surface area contributed by atoms with Crippen LogP contribution in [-0.4, -0.2) is 40.0 Å². The molecule has 0 spiro atoms. The van der Waals surface area contributed by atoms with E-state index in [-0.39, 0.29) is 10.7 Å². The normalized spacial score (nSPS) is 11.1. The van der Waals surface area contributed by atoms with E-state index in [1.807, 2.05) is 26.4 Å². The van der Waals surface area contributed by atoms with Crippen LogP contribution in [0.15, 0.2) is 58.3 Å². The van der Waals surface area contributed by atoms with Gasteiger partial charge in [0.25, 0.3) is 0 Å². The van der Waals surface area contributed by atoms with E-state index in [9.17, 15) is 13.2 Å². The van der Waals surface area contributed by atoms with Gasteiger partial charge in [0.2, 0.25) is 5.91 Å². The molecule has 9 nitrogen and oxygen atoms in total. The number of hydrogen-bond donors (Lipinski definition) is 2. The maximum absolute atomic E-state index is 12.4. The molecule has 0 radical (unpaired) electrons. The van der Waals surface area contributed by atoms with Crippen molar-refractivity contribution < 1.29 is 17.7 Å². The average Bonchev–Trinajstić information content (AvgIpc) is 3.35. The van der Waals surface area contributed by atoms with Crippen molar-refractivity contribution in [1.29, 1.82) is 0 Å². The van der Waals surface area contributed by atoms with Gasteiger partial charge in [0.05, 0.1) is 11.1 Å². The predicted octanol–water partition coefficient (Wildman–Crippen LogP) is 2.61. The summed E-state index contributed by atoms with van der Waals surface area (Å²) < 4.78 is 31.4. The Morgan fingerprint density at radius 1 is 1.28 bits per heavy atom. The molecule has 0 aliphatic carbocycles. The number of carbonyl (C=O) groups is 1. The lowest BCUT2D eigenvalue weighted by Gasteiger charge is -2.03. The molecular formula is C19H21N5O4S. The van der Waals surface area contributed by atoms with Crippen LogP contribution in [0.2, 0.25) is 0 Å². The van der Waals surface area contributed by atoms with Crippen LogP contribution in [0.4, 0.5) is 5.82 Å². The first-order valence-corrected chi connectivity index (χ1v) is 10.4. The number of aryl methyl sites for hydroxylation is 3. The number of H-pyrrole nitrogens is 1. The van der Waals surface area contributed by atoms with E-state index in [1.54, 1.807) is 35.9 Å². The number of nitrogens with zero attached hydrogens (tertiary/aromatic N) is 3. The van der Waals surface area contributed by atoms with E-state index in [2.05, 4.69) is 20.6 Å². The Bertz CT molecular complexity index is 1220. The number of aromatic nitrogens is 4. The van der Waals surface area contributed by atoms with Crippen molar-refractivity contribution in [3.63, 3.8) is 0 Å². The Balaban J connectivity index is 0.000000290. The average molecular weight is 415 g/mol. The number of anilines is 1. The van der Waals surface area contributed by atoms with Gasteiger partial charge in [-0.15, -0.1) is 0 Å². The lowest BCUT2D eigenvalue weighted by molar-refractivity contribution is -0.113. The fourth-order valence-corrected chi connectivity index (χ4v) is 4.02. The lowest BCUT2D eigenvalue weighted by atomic mass is 10.2. The van der Waals surface area contributed by atoms with Crippen molar-refractivity contribution in [3.8, 4) is 0 Å². The molecular weight excluding hydrogens is 394 g/mol. The number of rotatable bonds is 4. The second-order valence-electron chi connectivity index (χ2n) is 6.52. The third kappa shape index (κ3) is 5.11. The van der Waals surface area contributed by atoms with E-state index in [0.29, 0.717) is 16.7 Å². The van der Waals surface area contributed by atoms with Crippen molar-refractivity contribution in [3.05, 3.63) is 60.2 Å². The largest absolute Gasteiger partial charge is 0.360 e. The van der Waals surface area contributed by atoms with Gasteiger partial charge in [-0.25, -0.2) is 8.42 Å². The summed E-state index contributed by atoms with van der Waals surface area (Å²) in [6.45, 7) is 3.69. The number of nitrogens with one attached hydrogen (secondary N) is 2. The first-order chi connectivity index (χ1) is 13.7. The summed E-state index contributed by atoms with van der Waals surface area (Å²) in [5, 5.41) is 10.5. The smallest absolute Gasteiger partial charge is 0.241 e. The molecule has 0 bridgehead atoms. The molecule has 2 N–H and O–H groups in total. The standard InChI is InChI=1S/C14H13N3O4S.C5H8N2/c1-9-6-13(17-21-9)16-14(18)8-22(19,20)12-7-15-11-5-3-2-4-10(11)12;1-5-3-6-7(2)4-5/h2-7,15H,8H2,1H3,(H,16,17,18);3-4H,1-2H3. The van der Waals surface area contributed by atoms with Gasteiger partial charge >= 0.3 is 0 Å². The van der Waals surface area contributed by atoms with Gasteiger partial charge in [-0.1, -0.05) is 23.4 Å². The molecule has 152 valence electrons. The first kappa shape index (κ1) is 20.3. The Morgan fingerprint density at radius 3 is 2.62 bits per heavy atom. The number of fused-ring (bicyclic) bond motifs is 1. The maximum Gasteiger partial charge on any atom is 0.241 e. The summed E-state index contributed by atoms with van der Waals surface area (Å²) in [4.78, 5) is 14.9. The molecule has 0 fully saturated rings. The number of para-hydroxylation sites is 1. The van der Waals surface area contributed by atoms with Crippen LogP contribution in [-0.2, 0) is 21.7 Å². The second-order valence-corrected chi connectivity index (χ2v) is 8.48. The highest BCUT2D eigenvalue weighted by Crippen LogP contribution is 2.23. The summed E-state index contributed by atoms with van der Waals surface area (Å²) in [6.07, 6.45) is 5.20. The highest BCUT2D eigenvalue weighted by molar-refractivity contribution is 7.92. The molecule has 4 aromatic rings. The van der Waals surface area contributed by atoms with Gasteiger partial charge in [-0.2, -0.15) is 5.10 Å². The van der Waals surface area contributed by atoms with Crippen molar-refractivity contribution in [2.45, 2.75) is 18.7 Å². The zero-order valence-corrected chi connectivity index (χ0v) is 17.0. The molecule has 0 aliphatic heterocycles. The Hall–Kier alpha value is -3.40. The molecule has 29 heavy (non-hydrogen) atoms. The van der Waals surface area contributed by atoms with E-state index < -0.39 is 21.5 Å². The zero-order valence-electron chi connectivity index (χ0n) is 16.2. The van der Waals surface area contributed by atoms with Crippen molar-refractivity contribution >= 4 is 32.5 Å². The molecule has 4 rings (SSSR count). The summed E-state index contributed by atoms with van der Waals surface area (Å²) in [5.41, 5.74) is 1.91. The van der Waals surface area contributed by atoms with Gasteiger partial charge in [0, 0.05) is 36.4 Å². The Morgan fingerprint density at radius 2 is 2.03 bits per heavy atom. The van der Waals surface area contributed by atoms with Crippen molar-refractivity contribution in [2.24, 2.45) is 7.05 Å². The zero-order chi connectivity index (χ0) is 21.0. The minimum absolute atomic E-state index is 0.106. The summed E-state index contributed by atoms with van der Waals surface area (Å²) >= 11 is 0. The predicted molar refractivity (Wildman–Crippen MR) is 108 cm³/mol. The van der Waals surface area contributed by atoms with Gasteiger partial charge in [-0.05, 0) is 25.5 Å². The lowest BCUT2D eigenvalue weighted by Crippen LogP contribution is -2.23. The van der Waals surface area contributed by atoms with E-state index in [4.69, 9.17) is 4.52 Å². The molecule has 0 saturated heterocycles. The molecule has 3 aromatic heterocycles. The van der Waals surface area contributed by atoms with Gasteiger partial charge in [0.1, 0.15) is 11.5 Å². The van der Waals surface area contributed by atoms with Gasteiger partial charge in [-0.3, -0.25) is 9.48 Å². The highest BCUT2D eigenvalue weighted by atomic mass is 32.2. The van der Waals surface area contributed by atoms with Crippen LogP contribution < -0.4 is 5.32 Å². The molecule has 3 heterocycles. The number of hydrogen-bond acceptors (Lipinski definition) is 6. The first-order valence-electron chi connectivity index (χ1n) is 8.72. The molecule has 10 heteroatoms. The Labute approximate surface area is 167 Å². The van der Waals surface area contributed by atoms with Crippen LogP contribution in [0.5, 0.6) is 0 Å². The Kier molecular flexibility index (Phi) is 5.83. The summed E-state index contributed by atoms with van der Waals surface area (Å²) in [7, 11) is -1.85. The number of amides is 1. The van der Waals surface area contributed by atoms with Crippen LogP contribution in [0.25, 0.3) is 10.9 Å². The fraction of sp³-hybridized carbons (Fsp3) is 0.211. The summed E-state index contributed by atoms with van der Waals surface area (Å²) in [5.74, 6) is -0.620. The minimum Gasteiger partial charge on any atom is -0.360 e. The molecule has 0 aliphatic rings.